The molecular weight excluding hydrogens is 492 g/mol. The lowest BCUT2D eigenvalue weighted by atomic mass is 10.1. The molecule has 0 saturated carbocycles. The summed E-state index contributed by atoms with van der Waals surface area (Å²) in [6.07, 6.45) is 2.13. The first-order chi connectivity index (χ1) is 15.4. The number of carbonyl (C=O) groups is 1. The molecule has 1 amide bonds. The molecule has 0 spiro atoms. The molecule has 168 valence electrons. The molecule has 7 nitrogen and oxygen atoms in total. The third-order valence-electron chi connectivity index (χ3n) is 5.31. The van der Waals surface area contributed by atoms with Crippen molar-refractivity contribution in [3.8, 4) is 22.8 Å². The van der Waals surface area contributed by atoms with E-state index in [0.29, 0.717) is 23.1 Å². The van der Waals surface area contributed by atoms with Crippen molar-refractivity contribution in [1.82, 2.24) is 20.1 Å². The molecule has 2 heterocycles. The molecule has 2 aromatic carbocycles. The number of aromatic nitrogens is 3. The van der Waals surface area contributed by atoms with E-state index in [4.69, 9.17) is 4.74 Å². The second-order valence-electron chi connectivity index (χ2n) is 7.82. The number of hydrogen-bond donors (Lipinski definition) is 2. The van der Waals surface area contributed by atoms with E-state index >= 15 is 0 Å². The summed E-state index contributed by atoms with van der Waals surface area (Å²) in [7, 11) is 0. The molecule has 32 heavy (non-hydrogen) atoms. The maximum absolute atomic E-state index is 12.4. The number of hydrogen-bond acceptors (Lipinski definition) is 6. The fourth-order valence-corrected chi connectivity index (χ4v) is 4.85. The smallest absolute Gasteiger partial charge is 0.230 e. The number of thioether (sulfide) groups is 1. The number of amides is 1. The van der Waals surface area contributed by atoms with E-state index in [2.05, 4.69) is 37.5 Å². The topological polar surface area (TPSA) is 89.3 Å². The number of phenolic OH excluding ortho intramolecular Hbond substituents is 1. The number of aromatic hydroxyl groups is 1. The quantitative estimate of drug-likeness (QED) is 0.452. The first-order valence-electron chi connectivity index (χ1n) is 10.5. The molecule has 1 atom stereocenters. The number of benzene rings is 2. The number of carbonyl (C=O) groups excluding carboxylic acids is 1. The summed E-state index contributed by atoms with van der Waals surface area (Å²) in [5, 5.41) is 22.7. The maximum Gasteiger partial charge on any atom is 0.230 e. The summed E-state index contributed by atoms with van der Waals surface area (Å²) in [6, 6.07) is 11.3. The fourth-order valence-electron chi connectivity index (χ4n) is 3.71. The van der Waals surface area contributed by atoms with Gasteiger partial charge in [-0.1, -0.05) is 45.4 Å². The molecule has 1 aliphatic rings. The second-order valence-corrected chi connectivity index (χ2v) is 9.68. The van der Waals surface area contributed by atoms with E-state index in [0.717, 1.165) is 40.7 Å². The molecule has 0 radical (unpaired) electrons. The van der Waals surface area contributed by atoms with Crippen LogP contribution in [-0.4, -0.2) is 50.8 Å². The van der Waals surface area contributed by atoms with Crippen LogP contribution in [0.25, 0.3) is 17.1 Å². The zero-order valence-corrected chi connectivity index (χ0v) is 20.4. The lowest BCUT2D eigenvalue weighted by molar-refractivity contribution is -0.119. The highest BCUT2D eigenvalue weighted by Gasteiger charge is 2.21. The molecule has 0 aliphatic carbocycles. The normalized spacial score (nSPS) is 15.8. The molecule has 1 aliphatic heterocycles. The van der Waals surface area contributed by atoms with Crippen LogP contribution in [0.4, 0.5) is 0 Å². The Bertz CT molecular complexity index is 1130. The molecular formula is C23H25BrN4O3S. The van der Waals surface area contributed by atoms with Crippen LogP contribution in [0, 0.1) is 13.8 Å². The number of aryl methyl sites for hydroxylation is 2. The highest BCUT2D eigenvalue weighted by atomic mass is 79.9. The molecule has 0 bridgehead atoms. The molecule has 2 N–H and O–H groups in total. The lowest BCUT2D eigenvalue weighted by Crippen LogP contribution is -2.32. The van der Waals surface area contributed by atoms with Crippen molar-refractivity contribution in [2.45, 2.75) is 37.9 Å². The van der Waals surface area contributed by atoms with E-state index in [-0.39, 0.29) is 23.5 Å². The van der Waals surface area contributed by atoms with Gasteiger partial charge in [0.2, 0.25) is 5.91 Å². The van der Waals surface area contributed by atoms with Gasteiger partial charge < -0.3 is 15.2 Å². The van der Waals surface area contributed by atoms with Crippen LogP contribution < -0.4 is 5.32 Å². The van der Waals surface area contributed by atoms with Gasteiger partial charge in [0.05, 0.1) is 23.1 Å². The Morgan fingerprint density at radius 1 is 1.28 bits per heavy atom. The summed E-state index contributed by atoms with van der Waals surface area (Å²) >= 11 is 4.78. The van der Waals surface area contributed by atoms with Crippen LogP contribution in [-0.2, 0) is 9.53 Å². The van der Waals surface area contributed by atoms with Gasteiger partial charge in [-0.05, 0) is 56.5 Å². The molecule has 1 fully saturated rings. The Morgan fingerprint density at radius 3 is 2.88 bits per heavy atom. The largest absolute Gasteiger partial charge is 0.507 e. The molecule has 3 aromatic rings. The molecule has 1 saturated heterocycles. The number of ether oxygens (including phenoxy) is 1. The van der Waals surface area contributed by atoms with E-state index in [1.165, 1.54) is 11.8 Å². The summed E-state index contributed by atoms with van der Waals surface area (Å²) < 4.78 is 8.28. The first kappa shape index (κ1) is 22.8. The average molecular weight is 517 g/mol. The van der Waals surface area contributed by atoms with Crippen molar-refractivity contribution in [3.05, 3.63) is 52.0 Å². The minimum absolute atomic E-state index is 0.0764. The van der Waals surface area contributed by atoms with Crippen LogP contribution in [0.5, 0.6) is 5.75 Å². The average Bonchev–Trinajstić information content (AvgIpc) is 3.42. The SMILES string of the molecule is Cc1ccc(-n2c(SCC(=O)NC[C@@H]3CCCO3)nnc2-c2cc(Br)ccc2O)c(C)c1. The summed E-state index contributed by atoms with van der Waals surface area (Å²) in [5.74, 6) is 0.753. The van der Waals surface area contributed by atoms with Crippen LogP contribution in [0.1, 0.15) is 24.0 Å². The van der Waals surface area contributed by atoms with Gasteiger partial charge >= 0.3 is 0 Å². The Labute approximate surface area is 199 Å². The van der Waals surface area contributed by atoms with Crippen molar-refractivity contribution >= 4 is 33.6 Å². The van der Waals surface area contributed by atoms with Gasteiger partial charge in [-0.3, -0.25) is 9.36 Å². The van der Waals surface area contributed by atoms with Crippen LogP contribution in [0.15, 0.2) is 46.0 Å². The highest BCUT2D eigenvalue weighted by Crippen LogP contribution is 2.35. The lowest BCUT2D eigenvalue weighted by Gasteiger charge is -2.14. The summed E-state index contributed by atoms with van der Waals surface area (Å²) in [4.78, 5) is 12.4. The predicted molar refractivity (Wildman–Crippen MR) is 128 cm³/mol. The van der Waals surface area contributed by atoms with Gasteiger partial charge in [0.1, 0.15) is 5.75 Å². The third-order valence-corrected chi connectivity index (χ3v) is 6.73. The predicted octanol–water partition coefficient (Wildman–Crippen LogP) is 4.41. The van der Waals surface area contributed by atoms with Crippen molar-refractivity contribution in [3.63, 3.8) is 0 Å². The van der Waals surface area contributed by atoms with Crippen molar-refractivity contribution < 1.29 is 14.6 Å². The van der Waals surface area contributed by atoms with Gasteiger partial charge in [0.15, 0.2) is 11.0 Å². The van der Waals surface area contributed by atoms with E-state index in [1.807, 2.05) is 36.6 Å². The first-order valence-corrected chi connectivity index (χ1v) is 12.2. The monoisotopic (exact) mass is 516 g/mol. The maximum atomic E-state index is 12.4. The number of halogens is 1. The van der Waals surface area contributed by atoms with Crippen molar-refractivity contribution in [2.24, 2.45) is 0 Å². The fraction of sp³-hybridized carbons (Fsp3) is 0.348. The van der Waals surface area contributed by atoms with Gasteiger partial charge in [0, 0.05) is 17.6 Å². The molecule has 0 unspecified atom stereocenters. The van der Waals surface area contributed by atoms with Crippen LogP contribution >= 0.6 is 27.7 Å². The Balaban J connectivity index is 1.62. The number of nitrogens with one attached hydrogen (secondary N) is 1. The Kier molecular flexibility index (Phi) is 7.17. The van der Waals surface area contributed by atoms with Gasteiger partial charge in [-0.15, -0.1) is 10.2 Å². The molecule has 4 rings (SSSR count). The standard InChI is InChI=1S/C23H25BrN4O3S/c1-14-5-7-19(15(2)10-14)28-22(18-11-16(24)6-8-20(18)29)26-27-23(28)32-13-21(30)25-12-17-4-3-9-31-17/h5-8,10-11,17,29H,3-4,9,12-13H2,1-2H3,(H,25,30)/t17-/m0/s1. The van der Waals surface area contributed by atoms with Crippen molar-refractivity contribution in [1.29, 1.82) is 0 Å². The third kappa shape index (κ3) is 5.16. The van der Waals surface area contributed by atoms with Gasteiger partial charge in [0.25, 0.3) is 0 Å². The minimum atomic E-state index is -0.0764. The van der Waals surface area contributed by atoms with E-state index in [1.54, 1.807) is 12.1 Å². The van der Waals surface area contributed by atoms with Crippen LogP contribution in [0.3, 0.4) is 0 Å². The summed E-state index contributed by atoms with van der Waals surface area (Å²) in [5.41, 5.74) is 3.65. The molecule has 9 heteroatoms. The molecule has 1 aromatic heterocycles. The number of phenols is 1. The summed E-state index contributed by atoms with van der Waals surface area (Å²) in [6.45, 7) is 5.35. The number of rotatable bonds is 7. The Hall–Kier alpha value is -2.36. The zero-order chi connectivity index (χ0) is 22.7. The van der Waals surface area contributed by atoms with Crippen LogP contribution in [0.2, 0.25) is 0 Å². The minimum Gasteiger partial charge on any atom is -0.507 e. The van der Waals surface area contributed by atoms with Gasteiger partial charge in [-0.2, -0.15) is 0 Å². The zero-order valence-electron chi connectivity index (χ0n) is 18.0. The Morgan fingerprint density at radius 2 is 2.12 bits per heavy atom. The highest BCUT2D eigenvalue weighted by molar-refractivity contribution is 9.10. The second kappa shape index (κ2) is 10.1. The number of nitrogens with zero attached hydrogens (tertiary/aromatic N) is 3. The van der Waals surface area contributed by atoms with Gasteiger partial charge in [-0.25, -0.2) is 0 Å². The van der Waals surface area contributed by atoms with E-state index in [9.17, 15) is 9.90 Å². The van der Waals surface area contributed by atoms with Crippen molar-refractivity contribution in [2.75, 3.05) is 18.9 Å². The van der Waals surface area contributed by atoms with E-state index < -0.39 is 0 Å².